The highest BCUT2D eigenvalue weighted by molar-refractivity contribution is 7.26. The second-order valence-electron chi connectivity index (χ2n) is 14.8. The van der Waals surface area contributed by atoms with Gasteiger partial charge in [-0.1, -0.05) is 146 Å². The molecular formula is C53H31N3S. The summed E-state index contributed by atoms with van der Waals surface area (Å²) in [5.74, 6) is 0. The van der Waals surface area contributed by atoms with Gasteiger partial charge in [0.25, 0.3) is 0 Å². The van der Waals surface area contributed by atoms with Crippen LogP contribution in [0.1, 0.15) is 0 Å². The largest absolute Gasteiger partial charge is 0.247 e. The Balaban J connectivity index is 0.962. The van der Waals surface area contributed by atoms with Crippen molar-refractivity contribution in [3.8, 4) is 44.9 Å². The lowest BCUT2D eigenvalue weighted by Gasteiger charge is -2.13. The molecule has 0 radical (unpaired) electrons. The minimum absolute atomic E-state index is 0.913. The Morgan fingerprint density at radius 1 is 0.333 bits per heavy atom. The zero-order valence-corrected chi connectivity index (χ0v) is 31.5. The lowest BCUT2D eigenvalue weighted by Crippen LogP contribution is -1.91. The summed E-state index contributed by atoms with van der Waals surface area (Å²) in [4.78, 5) is 15.7. The van der Waals surface area contributed by atoms with E-state index in [4.69, 9.17) is 15.0 Å². The van der Waals surface area contributed by atoms with Gasteiger partial charge in [0.1, 0.15) is 0 Å². The Hall–Kier alpha value is -7.27. The summed E-state index contributed by atoms with van der Waals surface area (Å²) >= 11 is 1.88. The quantitative estimate of drug-likeness (QED) is 0.169. The summed E-state index contributed by atoms with van der Waals surface area (Å²) in [6.07, 6.45) is 0. The molecule has 0 N–H and O–H groups in total. The van der Waals surface area contributed by atoms with Crippen LogP contribution in [0, 0.1) is 0 Å². The average molecular weight is 742 g/mol. The van der Waals surface area contributed by atoms with E-state index in [2.05, 4.69) is 182 Å². The molecule has 3 nitrogen and oxygen atoms in total. The first kappa shape index (κ1) is 32.0. The van der Waals surface area contributed by atoms with Crippen molar-refractivity contribution in [2.75, 3.05) is 0 Å². The minimum Gasteiger partial charge on any atom is -0.247 e. The smallest absolute Gasteiger partial charge is 0.0972 e. The van der Waals surface area contributed by atoms with Gasteiger partial charge in [-0.15, -0.1) is 11.3 Å². The molecule has 0 spiro atoms. The van der Waals surface area contributed by atoms with E-state index in [1.165, 1.54) is 47.1 Å². The van der Waals surface area contributed by atoms with Gasteiger partial charge in [0.2, 0.25) is 0 Å². The summed E-state index contributed by atoms with van der Waals surface area (Å²) < 4.78 is 2.63. The molecule has 0 amide bonds. The van der Waals surface area contributed by atoms with Crippen LogP contribution in [0.3, 0.4) is 0 Å². The van der Waals surface area contributed by atoms with Crippen LogP contribution in [0.25, 0.3) is 119 Å². The predicted octanol–water partition coefficient (Wildman–Crippen LogP) is 14.7. The molecule has 0 aliphatic carbocycles. The summed E-state index contributed by atoms with van der Waals surface area (Å²) in [6.45, 7) is 0. The molecule has 0 unspecified atom stereocenters. The van der Waals surface area contributed by atoms with Crippen LogP contribution in [0.2, 0.25) is 0 Å². The van der Waals surface area contributed by atoms with Gasteiger partial charge in [-0.25, -0.2) is 15.0 Å². The van der Waals surface area contributed by atoms with Crippen molar-refractivity contribution in [1.29, 1.82) is 0 Å². The zero-order valence-electron chi connectivity index (χ0n) is 30.6. The second kappa shape index (κ2) is 12.6. The van der Waals surface area contributed by atoms with E-state index in [-0.39, 0.29) is 0 Å². The normalized spacial score (nSPS) is 11.9. The van der Waals surface area contributed by atoms with Gasteiger partial charge in [0, 0.05) is 63.8 Å². The number of para-hydroxylation sites is 1. The molecule has 0 saturated carbocycles. The van der Waals surface area contributed by atoms with E-state index in [0.717, 1.165) is 72.2 Å². The highest BCUT2D eigenvalue weighted by atomic mass is 32.1. The van der Waals surface area contributed by atoms with Crippen LogP contribution in [0.5, 0.6) is 0 Å². The van der Waals surface area contributed by atoms with E-state index in [9.17, 15) is 0 Å². The van der Waals surface area contributed by atoms with Gasteiger partial charge < -0.3 is 0 Å². The number of benzene rings is 8. The van der Waals surface area contributed by atoms with E-state index in [1.54, 1.807) is 0 Å². The minimum atomic E-state index is 0.913. The van der Waals surface area contributed by atoms with E-state index in [1.807, 2.05) is 17.4 Å². The Bertz CT molecular complexity index is 3590. The zero-order chi connectivity index (χ0) is 37.5. The maximum absolute atomic E-state index is 5.32. The number of pyridine rings is 3. The number of rotatable bonds is 4. The van der Waals surface area contributed by atoms with Crippen LogP contribution in [0.4, 0.5) is 0 Å². The molecule has 0 atom stereocenters. The van der Waals surface area contributed by atoms with Gasteiger partial charge in [0.15, 0.2) is 0 Å². The first-order chi connectivity index (χ1) is 28.2. The molecule has 57 heavy (non-hydrogen) atoms. The Morgan fingerprint density at radius 2 is 0.930 bits per heavy atom. The fraction of sp³-hybridized carbons (Fsp3) is 0. The van der Waals surface area contributed by atoms with Gasteiger partial charge in [-0.2, -0.15) is 0 Å². The van der Waals surface area contributed by atoms with Crippen molar-refractivity contribution in [3.05, 3.63) is 188 Å². The number of aromatic nitrogens is 3. The van der Waals surface area contributed by atoms with Crippen molar-refractivity contribution in [3.63, 3.8) is 0 Å². The summed E-state index contributed by atoms with van der Waals surface area (Å²) in [5.41, 5.74) is 11.3. The second-order valence-corrected chi connectivity index (χ2v) is 15.8. The van der Waals surface area contributed by atoms with Crippen LogP contribution in [-0.4, -0.2) is 15.0 Å². The van der Waals surface area contributed by atoms with E-state index in [0.29, 0.717) is 0 Å². The molecule has 0 saturated heterocycles. The SMILES string of the molecule is c1ccc(-c2ccc3ccc4ccc(-c5ccc6ccc(-c7cccc(-c8nc9ccccc9c9c8ccc8c%10ccccc%10sc89)c7)cc6c5)nc4c3n2)cc1. The maximum atomic E-state index is 5.32. The third-order valence-electron chi connectivity index (χ3n) is 11.4. The number of fused-ring (bicyclic) bond motifs is 11. The maximum Gasteiger partial charge on any atom is 0.0972 e. The van der Waals surface area contributed by atoms with E-state index < -0.39 is 0 Å². The molecule has 12 aromatic rings. The number of thiophene rings is 1. The predicted molar refractivity (Wildman–Crippen MR) is 242 cm³/mol. The Kier molecular flexibility index (Phi) is 7.10. The molecule has 0 fully saturated rings. The molecule has 0 aliphatic heterocycles. The molecule has 4 heteroatoms. The highest BCUT2D eigenvalue weighted by Gasteiger charge is 2.17. The van der Waals surface area contributed by atoms with Crippen molar-refractivity contribution >= 4 is 85.8 Å². The summed E-state index contributed by atoms with van der Waals surface area (Å²) in [5, 5.41) is 10.8. The van der Waals surface area contributed by atoms with Gasteiger partial charge in [-0.05, 0) is 64.4 Å². The van der Waals surface area contributed by atoms with Gasteiger partial charge in [0.05, 0.1) is 33.6 Å². The molecule has 0 aliphatic rings. The van der Waals surface area contributed by atoms with Crippen molar-refractivity contribution in [1.82, 2.24) is 15.0 Å². The summed E-state index contributed by atoms with van der Waals surface area (Å²) in [7, 11) is 0. The third-order valence-corrected chi connectivity index (χ3v) is 12.6. The molecule has 8 aromatic carbocycles. The number of nitrogens with zero attached hydrogens (tertiary/aromatic N) is 3. The van der Waals surface area contributed by atoms with Crippen molar-refractivity contribution < 1.29 is 0 Å². The fourth-order valence-electron chi connectivity index (χ4n) is 8.57. The molecule has 0 bridgehead atoms. The van der Waals surface area contributed by atoms with E-state index >= 15 is 0 Å². The first-order valence-electron chi connectivity index (χ1n) is 19.3. The van der Waals surface area contributed by atoms with Crippen LogP contribution in [-0.2, 0) is 0 Å². The third kappa shape index (κ3) is 5.22. The van der Waals surface area contributed by atoms with Gasteiger partial charge >= 0.3 is 0 Å². The fourth-order valence-corrected chi connectivity index (χ4v) is 9.83. The van der Waals surface area contributed by atoms with Crippen molar-refractivity contribution in [2.24, 2.45) is 0 Å². The van der Waals surface area contributed by atoms with Crippen LogP contribution >= 0.6 is 11.3 Å². The Labute approximate surface area is 332 Å². The standard InChI is InChI=1S/C53H31N3S/c1-2-9-33(10-3-1)45-27-23-34-19-20-35-24-28-46(55-52(35)51(34)54-45)38-22-18-32-17-21-37(30-40(32)31-38)36-11-8-12-39(29-36)50-44-26-25-42-41-13-5-7-16-48(41)57-53(42)49(44)43-14-4-6-15-47(43)56-50/h1-31H. The first-order valence-corrected chi connectivity index (χ1v) is 20.1. The number of hydrogen-bond acceptors (Lipinski definition) is 4. The topological polar surface area (TPSA) is 38.7 Å². The lowest BCUT2D eigenvalue weighted by atomic mass is 9.95. The summed E-state index contributed by atoms with van der Waals surface area (Å²) in [6, 6.07) is 67.2. The lowest BCUT2D eigenvalue weighted by molar-refractivity contribution is 1.37. The van der Waals surface area contributed by atoms with Gasteiger partial charge in [-0.3, -0.25) is 0 Å². The van der Waals surface area contributed by atoms with Crippen LogP contribution in [0.15, 0.2) is 188 Å². The highest BCUT2D eigenvalue weighted by Crippen LogP contribution is 2.43. The van der Waals surface area contributed by atoms with Crippen molar-refractivity contribution in [2.45, 2.75) is 0 Å². The van der Waals surface area contributed by atoms with Crippen LogP contribution < -0.4 is 0 Å². The monoisotopic (exact) mass is 741 g/mol. The number of hydrogen-bond donors (Lipinski definition) is 0. The average Bonchev–Trinajstić information content (AvgIpc) is 3.67. The molecular weight excluding hydrogens is 711 g/mol. The Morgan fingerprint density at radius 3 is 1.75 bits per heavy atom. The molecule has 264 valence electrons. The molecule has 4 heterocycles. The molecule has 12 rings (SSSR count). The molecule has 4 aromatic heterocycles.